The first kappa shape index (κ1) is 17.9. The van der Waals surface area contributed by atoms with Crippen molar-refractivity contribution >= 4 is 13.1 Å². The Morgan fingerprint density at radius 2 is 1.37 bits per heavy atom. The molecule has 0 aromatic rings. The van der Waals surface area contributed by atoms with Gasteiger partial charge in [0.25, 0.3) is 0 Å². The molecule has 112 valence electrons. The van der Waals surface area contributed by atoms with Crippen molar-refractivity contribution in [3.63, 3.8) is 0 Å². The van der Waals surface area contributed by atoms with Crippen LogP contribution in [0.3, 0.4) is 0 Å². The van der Waals surface area contributed by atoms with E-state index < -0.39 is 0 Å². The SMILES string of the molecule is C=NN(/C=N\N)CCCCCCCCCCCCC. The van der Waals surface area contributed by atoms with Gasteiger partial charge in [0.2, 0.25) is 0 Å². The van der Waals surface area contributed by atoms with Gasteiger partial charge >= 0.3 is 0 Å². The lowest BCUT2D eigenvalue weighted by atomic mass is 10.1. The molecule has 0 unspecified atom stereocenters. The molecule has 0 bridgehead atoms. The van der Waals surface area contributed by atoms with E-state index in [0.717, 1.165) is 13.0 Å². The van der Waals surface area contributed by atoms with Gasteiger partial charge in [-0.25, -0.2) is 0 Å². The van der Waals surface area contributed by atoms with Gasteiger partial charge in [-0.05, 0) is 6.42 Å². The number of rotatable bonds is 14. The quantitative estimate of drug-likeness (QED) is 0.169. The van der Waals surface area contributed by atoms with E-state index >= 15 is 0 Å². The summed E-state index contributed by atoms with van der Waals surface area (Å²) in [5.41, 5.74) is 0. The van der Waals surface area contributed by atoms with Gasteiger partial charge in [-0.3, -0.25) is 5.01 Å². The number of hydrogen-bond acceptors (Lipinski definition) is 3. The summed E-state index contributed by atoms with van der Waals surface area (Å²) in [6, 6.07) is 0. The zero-order valence-electron chi connectivity index (χ0n) is 12.7. The highest BCUT2D eigenvalue weighted by molar-refractivity contribution is 5.54. The fourth-order valence-electron chi connectivity index (χ4n) is 2.18. The van der Waals surface area contributed by atoms with Gasteiger partial charge in [0.05, 0.1) is 0 Å². The normalized spacial score (nSPS) is 11.0. The van der Waals surface area contributed by atoms with Gasteiger partial charge in [0.15, 0.2) is 0 Å². The zero-order valence-corrected chi connectivity index (χ0v) is 12.7. The van der Waals surface area contributed by atoms with E-state index in [2.05, 4.69) is 23.8 Å². The van der Waals surface area contributed by atoms with Crippen molar-refractivity contribution in [1.82, 2.24) is 5.01 Å². The molecule has 0 fully saturated rings. The van der Waals surface area contributed by atoms with Crippen molar-refractivity contribution in [3.8, 4) is 0 Å². The molecule has 0 saturated heterocycles. The Morgan fingerprint density at radius 1 is 0.895 bits per heavy atom. The first-order chi connectivity index (χ1) is 9.35. The van der Waals surface area contributed by atoms with Crippen molar-refractivity contribution in [2.75, 3.05) is 6.54 Å². The van der Waals surface area contributed by atoms with Crippen molar-refractivity contribution in [2.45, 2.75) is 77.6 Å². The summed E-state index contributed by atoms with van der Waals surface area (Å²) in [4.78, 5) is 0. The lowest BCUT2D eigenvalue weighted by Crippen LogP contribution is -2.16. The second kappa shape index (κ2) is 15.0. The third-order valence-corrected chi connectivity index (χ3v) is 3.37. The number of nitrogens with two attached hydrogens (primary N) is 1. The molecule has 0 aromatic heterocycles. The van der Waals surface area contributed by atoms with Crippen molar-refractivity contribution < 1.29 is 0 Å². The largest absolute Gasteiger partial charge is 0.322 e. The Morgan fingerprint density at radius 3 is 1.79 bits per heavy atom. The molecule has 0 aliphatic rings. The second-order valence-electron chi connectivity index (χ2n) is 5.10. The standard InChI is InChI=1S/C15H32N4/c1-3-4-5-6-7-8-9-10-11-12-13-14-19(17-2)15-18-16/h15H,2-14,16H2,1H3/b18-15-. The van der Waals surface area contributed by atoms with Crippen LogP contribution in [0.15, 0.2) is 10.2 Å². The lowest BCUT2D eigenvalue weighted by molar-refractivity contribution is 0.432. The van der Waals surface area contributed by atoms with E-state index in [9.17, 15) is 0 Å². The van der Waals surface area contributed by atoms with Gasteiger partial charge < -0.3 is 5.84 Å². The van der Waals surface area contributed by atoms with Crippen LogP contribution in [0, 0.1) is 0 Å². The monoisotopic (exact) mass is 268 g/mol. The van der Waals surface area contributed by atoms with E-state index in [1.54, 1.807) is 5.01 Å². The van der Waals surface area contributed by atoms with E-state index in [1.807, 2.05) is 0 Å². The summed E-state index contributed by atoms with van der Waals surface area (Å²) in [5.74, 6) is 5.07. The van der Waals surface area contributed by atoms with Gasteiger partial charge in [-0.2, -0.15) is 10.2 Å². The molecule has 0 amide bonds. The number of unbranched alkanes of at least 4 members (excludes halogenated alkanes) is 10. The van der Waals surface area contributed by atoms with Crippen LogP contribution in [0.25, 0.3) is 0 Å². The Balaban J connectivity index is 3.16. The third kappa shape index (κ3) is 13.2. The molecule has 4 heteroatoms. The van der Waals surface area contributed by atoms with Crippen LogP contribution in [0.5, 0.6) is 0 Å². The fourth-order valence-corrected chi connectivity index (χ4v) is 2.18. The Kier molecular flexibility index (Phi) is 14.2. The Hall–Kier alpha value is -1.06. The van der Waals surface area contributed by atoms with Crippen molar-refractivity contribution in [2.24, 2.45) is 16.0 Å². The summed E-state index contributed by atoms with van der Waals surface area (Å²) >= 11 is 0. The molecule has 2 N–H and O–H groups in total. The molecule has 0 rings (SSSR count). The van der Waals surface area contributed by atoms with Crippen LogP contribution in [0.1, 0.15) is 77.6 Å². The summed E-state index contributed by atoms with van der Waals surface area (Å²) in [5, 5.41) is 8.95. The predicted octanol–water partition coefficient (Wildman–Crippen LogP) is 4.12. The Labute approximate surface area is 119 Å². The Bertz CT molecular complexity index is 216. The molecule has 4 nitrogen and oxygen atoms in total. The summed E-state index contributed by atoms with van der Waals surface area (Å²) < 4.78 is 0. The highest BCUT2D eigenvalue weighted by atomic mass is 15.5. The van der Waals surface area contributed by atoms with Gasteiger partial charge in [-0.15, -0.1) is 0 Å². The van der Waals surface area contributed by atoms with E-state index in [0.29, 0.717) is 0 Å². The molecule has 0 aliphatic carbocycles. The van der Waals surface area contributed by atoms with Crippen molar-refractivity contribution in [3.05, 3.63) is 0 Å². The minimum absolute atomic E-state index is 0.862. The van der Waals surface area contributed by atoms with Crippen LogP contribution in [0.4, 0.5) is 0 Å². The number of nitrogens with zero attached hydrogens (tertiary/aromatic N) is 3. The summed E-state index contributed by atoms with van der Waals surface area (Å²) in [6.45, 7) is 6.61. The topological polar surface area (TPSA) is 54.0 Å². The van der Waals surface area contributed by atoms with Gasteiger partial charge in [0.1, 0.15) is 6.34 Å². The molecule has 0 aliphatic heterocycles. The molecule has 0 heterocycles. The average Bonchev–Trinajstić information content (AvgIpc) is 2.43. The highest BCUT2D eigenvalue weighted by Crippen LogP contribution is 2.11. The van der Waals surface area contributed by atoms with Crippen LogP contribution in [-0.4, -0.2) is 24.6 Å². The van der Waals surface area contributed by atoms with E-state index in [1.165, 1.54) is 70.5 Å². The zero-order chi connectivity index (χ0) is 14.2. The highest BCUT2D eigenvalue weighted by Gasteiger charge is 1.96. The molecular formula is C15H32N4. The third-order valence-electron chi connectivity index (χ3n) is 3.37. The minimum atomic E-state index is 0.862. The van der Waals surface area contributed by atoms with Crippen LogP contribution in [0.2, 0.25) is 0 Å². The van der Waals surface area contributed by atoms with Crippen LogP contribution < -0.4 is 5.84 Å². The molecule has 19 heavy (non-hydrogen) atoms. The fraction of sp³-hybridized carbons (Fsp3) is 0.867. The van der Waals surface area contributed by atoms with Gasteiger partial charge in [-0.1, -0.05) is 71.1 Å². The van der Waals surface area contributed by atoms with Crippen LogP contribution >= 0.6 is 0 Å². The maximum absolute atomic E-state index is 5.07. The molecule has 0 aromatic carbocycles. The first-order valence-electron chi connectivity index (χ1n) is 7.81. The summed E-state index contributed by atoms with van der Waals surface area (Å²) in [6.07, 6.45) is 16.4. The average molecular weight is 268 g/mol. The van der Waals surface area contributed by atoms with Gasteiger partial charge in [0, 0.05) is 13.3 Å². The number of hydrogen-bond donors (Lipinski definition) is 1. The van der Waals surface area contributed by atoms with E-state index in [4.69, 9.17) is 5.84 Å². The van der Waals surface area contributed by atoms with Crippen molar-refractivity contribution in [1.29, 1.82) is 0 Å². The van der Waals surface area contributed by atoms with Crippen LogP contribution in [-0.2, 0) is 0 Å². The molecular weight excluding hydrogens is 236 g/mol. The molecule has 0 radical (unpaired) electrons. The molecule has 0 spiro atoms. The maximum atomic E-state index is 5.07. The maximum Gasteiger partial charge on any atom is 0.131 e. The second-order valence-corrected chi connectivity index (χ2v) is 5.10. The predicted molar refractivity (Wildman–Crippen MR) is 85.4 cm³/mol. The lowest BCUT2D eigenvalue weighted by Gasteiger charge is -2.11. The van der Waals surface area contributed by atoms with E-state index in [-0.39, 0.29) is 0 Å². The summed E-state index contributed by atoms with van der Waals surface area (Å²) in [7, 11) is 0. The first-order valence-corrected chi connectivity index (χ1v) is 7.81. The smallest absolute Gasteiger partial charge is 0.131 e. The molecule has 0 saturated carbocycles. The minimum Gasteiger partial charge on any atom is -0.322 e. The molecule has 0 atom stereocenters. The number of hydrazone groups is 2.